The molecule has 0 saturated carbocycles. The van der Waals surface area contributed by atoms with E-state index in [0.29, 0.717) is 18.3 Å². The number of fused-ring (bicyclic) bond motifs is 1. The zero-order chi connectivity index (χ0) is 15.5. The topological polar surface area (TPSA) is 71.8 Å². The third-order valence-electron chi connectivity index (χ3n) is 5.02. The lowest BCUT2D eigenvalue weighted by Crippen LogP contribution is -2.42. The first-order valence-electron chi connectivity index (χ1n) is 8.52. The van der Waals surface area contributed by atoms with E-state index in [0.717, 1.165) is 44.1 Å². The van der Waals surface area contributed by atoms with Gasteiger partial charge in [-0.15, -0.1) is 12.4 Å². The molecule has 3 rings (SSSR count). The minimum absolute atomic E-state index is 0. The molecule has 2 aliphatic heterocycles. The molecule has 0 radical (unpaired) electrons. The van der Waals surface area contributed by atoms with Gasteiger partial charge in [0.1, 0.15) is 11.6 Å². The Labute approximate surface area is 144 Å². The van der Waals surface area contributed by atoms with E-state index in [2.05, 4.69) is 27.6 Å². The molecule has 2 aliphatic rings. The van der Waals surface area contributed by atoms with E-state index in [9.17, 15) is 4.79 Å². The van der Waals surface area contributed by atoms with Crippen LogP contribution < -0.4 is 10.6 Å². The van der Waals surface area contributed by atoms with Crippen molar-refractivity contribution >= 4 is 18.3 Å². The minimum atomic E-state index is 0. The number of carbonyl (C=O) groups excluding carboxylic acids is 1. The van der Waals surface area contributed by atoms with Crippen molar-refractivity contribution in [3.8, 4) is 0 Å². The number of nitrogens with one attached hydrogen (secondary N) is 2. The number of piperidine rings is 1. The van der Waals surface area contributed by atoms with Crippen molar-refractivity contribution in [3.63, 3.8) is 0 Å². The molecule has 7 heteroatoms. The average molecular weight is 342 g/mol. The molecule has 0 aromatic carbocycles. The van der Waals surface area contributed by atoms with Gasteiger partial charge in [0.15, 0.2) is 0 Å². The van der Waals surface area contributed by atoms with Gasteiger partial charge in [-0.25, -0.2) is 9.67 Å². The van der Waals surface area contributed by atoms with Crippen LogP contribution in [-0.4, -0.2) is 39.8 Å². The van der Waals surface area contributed by atoms with Crippen LogP contribution in [0.5, 0.6) is 0 Å². The fourth-order valence-electron chi connectivity index (χ4n) is 3.71. The van der Waals surface area contributed by atoms with Crippen molar-refractivity contribution in [2.24, 2.45) is 11.8 Å². The lowest BCUT2D eigenvalue weighted by molar-refractivity contribution is -0.123. The van der Waals surface area contributed by atoms with Crippen LogP contribution in [0.2, 0.25) is 0 Å². The van der Waals surface area contributed by atoms with E-state index in [-0.39, 0.29) is 24.4 Å². The van der Waals surface area contributed by atoms with E-state index in [1.54, 1.807) is 0 Å². The fourth-order valence-corrected chi connectivity index (χ4v) is 3.71. The number of aryl methyl sites for hydroxylation is 2. The van der Waals surface area contributed by atoms with Crippen LogP contribution in [0.1, 0.15) is 44.3 Å². The van der Waals surface area contributed by atoms with Crippen LogP contribution >= 0.6 is 12.4 Å². The lowest BCUT2D eigenvalue weighted by Gasteiger charge is -2.29. The second-order valence-corrected chi connectivity index (χ2v) is 6.83. The summed E-state index contributed by atoms with van der Waals surface area (Å²) < 4.78 is 1.94. The van der Waals surface area contributed by atoms with Crippen molar-refractivity contribution in [1.29, 1.82) is 0 Å². The maximum Gasteiger partial charge on any atom is 0.220 e. The highest BCUT2D eigenvalue weighted by Gasteiger charge is 2.25. The first-order chi connectivity index (χ1) is 10.6. The molecule has 130 valence electrons. The Morgan fingerprint density at radius 2 is 2.13 bits per heavy atom. The predicted molar refractivity (Wildman–Crippen MR) is 91.6 cm³/mol. The summed E-state index contributed by atoms with van der Waals surface area (Å²) in [5.41, 5.74) is 0. The van der Waals surface area contributed by atoms with E-state index >= 15 is 0 Å². The van der Waals surface area contributed by atoms with Crippen molar-refractivity contribution in [2.75, 3.05) is 13.1 Å². The van der Waals surface area contributed by atoms with E-state index in [4.69, 9.17) is 0 Å². The van der Waals surface area contributed by atoms with Gasteiger partial charge in [-0.2, -0.15) is 5.10 Å². The first kappa shape index (κ1) is 18.2. The van der Waals surface area contributed by atoms with Gasteiger partial charge in [0.25, 0.3) is 0 Å². The number of carbonyl (C=O) groups is 1. The largest absolute Gasteiger partial charge is 0.351 e. The molecular weight excluding hydrogens is 314 g/mol. The third kappa shape index (κ3) is 4.67. The van der Waals surface area contributed by atoms with Gasteiger partial charge >= 0.3 is 0 Å². The standard InChI is InChI=1S/C16H27N5O.ClH/c1-11(13-5-7-17-8-6-13)9-16(22)19-14-3-4-15-18-12(2)20-21(15)10-14;/h11,13-14,17H,3-10H2,1-2H3,(H,19,22);1H. The van der Waals surface area contributed by atoms with E-state index < -0.39 is 0 Å². The molecule has 1 fully saturated rings. The van der Waals surface area contributed by atoms with Gasteiger partial charge in [-0.1, -0.05) is 6.92 Å². The summed E-state index contributed by atoms with van der Waals surface area (Å²) in [6.45, 7) is 7.07. The Morgan fingerprint density at radius 3 is 2.87 bits per heavy atom. The van der Waals surface area contributed by atoms with Crippen LogP contribution in [0, 0.1) is 18.8 Å². The summed E-state index contributed by atoms with van der Waals surface area (Å²) in [5.74, 6) is 3.21. The van der Waals surface area contributed by atoms with E-state index in [1.807, 2.05) is 11.6 Å². The lowest BCUT2D eigenvalue weighted by atomic mass is 9.84. The summed E-state index contributed by atoms with van der Waals surface area (Å²) >= 11 is 0. The quantitative estimate of drug-likeness (QED) is 0.869. The summed E-state index contributed by atoms with van der Waals surface area (Å²) in [7, 11) is 0. The van der Waals surface area contributed by atoms with Crippen LogP contribution in [0.3, 0.4) is 0 Å². The summed E-state index contributed by atoms with van der Waals surface area (Å²) in [6, 6.07) is 0.196. The zero-order valence-electron chi connectivity index (χ0n) is 14.0. The van der Waals surface area contributed by atoms with Crippen molar-refractivity contribution in [1.82, 2.24) is 25.4 Å². The van der Waals surface area contributed by atoms with Gasteiger partial charge in [-0.3, -0.25) is 4.79 Å². The van der Waals surface area contributed by atoms with Crippen LogP contribution in [0.25, 0.3) is 0 Å². The number of hydrogen-bond acceptors (Lipinski definition) is 4. The summed E-state index contributed by atoms with van der Waals surface area (Å²) in [5, 5.41) is 11.0. The Kier molecular flexibility index (Phi) is 6.41. The molecule has 0 bridgehead atoms. The fraction of sp³-hybridized carbons (Fsp3) is 0.812. The zero-order valence-corrected chi connectivity index (χ0v) is 14.9. The second-order valence-electron chi connectivity index (χ2n) is 6.83. The highest BCUT2D eigenvalue weighted by molar-refractivity contribution is 5.85. The molecule has 2 unspecified atom stereocenters. The van der Waals surface area contributed by atoms with Crippen molar-refractivity contribution < 1.29 is 4.79 Å². The molecule has 1 aromatic heterocycles. The van der Waals surface area contributed by atoms with Gasteiger partial charge < -0.3 is 10.6 Å². The smallest absolute Gasteiger partial charge is 0.220 e. The first-order valence-corrected chi connectivity index (χ1v) is 8.52. The Bertz CT molecular complexity index is 527. The number of hydrogen-bond donors (Lipinski definition) is 2. The molecule has 23 heavy (non-hydrogen) atoms. The molecule has 0 aliphatic carbocycles. The van der Waals surface area contributed by atoms with Gasteiger partial charge in [0, 0.05) is 18.9 Å². The van der Waals surface area contributed by atoms with E-state index in [1.165, 1.54) is 12.8 Å². The maximum atomic E-state index is 12.3. The highest BCUT2D eigenvalue weighted by atomic mass is 35.5. The molecular formula is C16H28ClN5O. The van der Waals surface area contributed by atoms with Crippen molar-refractivity contribution in [2.45, 2.75) is 58.5 Å². The molecule has 1 saturated heterocycles. The second kappa shape index (κ2) is 8.11. The molecule has 1 amide bonds. The predicted octanol–water partition coefficient (Wildman–Crippen LogP) is 1.47. The van der Waals surface area contributed by atoms with Gasteiger partial charge in [-0.05, 0) is 51.1 Å². The molecule has 3 heterocycles. The molecule has 2 atom stereocenters. The van der Waals surface area contributed by atoms with Gasteiger partial charge in [0.05, 0.1) is 6.54 Å². The average Bonchev–Trinajstić information content (AvgIpc) is 2.87. The minimum Gasteiger partial charge on any atom is -0.351 e. The monoisotopic (exact) mass is 341 g/mol. The number of halogens is 1. The summed E-state index contributed by atoms with van der Waals surface area (Å²) in [6.07, 6.45) is 4.89. The Balaban J connectivity index is 0.00000192. The number of aromatic nitrogens is 3. The molecule has 0 spiro atoms. The SMILES string of the molecule is Cc1nc2n(n1)CC(NC(=O)CC(C)C1CCNCC1)CC2.Cl. The Morgan fingerprint density at radius 1 is 1.39 bits per heavy atom. The third-order valence-corrected chi connectivity index (χ3v) is 5.02. The normalized spacial score (nSPS) is 22.8. The maximum absolute atomic E-state index is 12.3. The highest BCUT2D eigenvalue weighted by Crippen LogP contribution is 2.24. The van der Waals surface area contributed by atoms with Crippen LogP contribution in [0.15, 0.2) is 0 Å². The molecule has 2 N–H and O–H groups in total. The summed E-state index contributed by atoms with van der Waals surface area (Å²) in [4.78, 5) is 16.7. The number of amides is 1. The number of nitrogens with zero attached hydrogens (tertiary/aromatic N) is 3. The van der Waals surface area contributed by atoms with Crippen molar-refractivity contribution in [3.05, 3.63) is 11.6 Å². The number of rotatable bonds is 4. The van der Waals surface area contributed by atoms with Crippen LogP contribution in [-0.2, 0) is 17.8 Å². The van der Waals surface area contributed by atoms with Gasteiger partial charge in [0.2, 0.25) is 5.91 Å². The molecule has 1 aromatic rings. The van der Waals surface area contributed by atoms with Crippen LogP contribution in [0.4, 0.5) is 0 Å². The Hall–Kier alpha value is -1.14. The molecule has 6 nitrogen and oxygen atoms in total.